The van der Waals surface area contributed by atoms with E-state index in [1.165, 1.54) is 11.4 Å². The van der Waals surface area contributed by atoms with Crippen molar-refractivity contribution in [1.82, 2.24) is 4.90 Å². The molecule has 70 valence electrons. The first-order chi connectivity index (χ1) is 6.20. The number of thioether (sulfide) groups is 1. The van der Waals surface area contributed by atoms with Gasteiger partial charge in [0, 0.05) is 12.2 Å². The second-order valence-electron chi connectivity index (χ2n) is 3.41. The zero-order chi connectivity index (χ0) is 9.42. The summed E-state index contributed by atoms with van der Waals surface area (Å²) in [4.78, 5) is 14.4. The first kappa shape index (κ1) is 8.88. The van der Waals surface area contributed by atoms with E-state index >= 15 is 0 Å². The van der Waals surface area contributed by atoms with Crippen LogP contribution in [0.1, 0.15) is 26.7 Å². The lowest BCUT2D eigenvalue weighted by Gasteiger charge is -2.24. The Bertz CT molecular complexity index is 317. The number of carbonyl (C=O) groups excluding carboxylic acids is 1. The minimum Gasteiger partial charge on any atom is -0.339 e. The SMILES string of the molecule is CC(=O)C1=C(C)N2CCCC=C2S1. The van der Waals surface area contributed by atoms with Gasteiger partial charge >= 0.3 is 0 Å². The molecular formula is C10H13NOS. The van der Waals surface area contributed by atoms with E-state index in [2.05, 4.69) is 11.0 Å². The summed E-state index contributed by atoms with van der Waals surface area (Å²) in [7, 11) is 0. The largest absolute Gasteiger partial charge is 0.339 e. The molecule has 0 N–H and O–H groups in total. The highest BCUT2D eigenvalue weighted by molar-refractivity contribution is 8.07. The van der Waals surface area contributed by atoms with Gasteiger partial charge in [-0.3, -0.25) is 4.79 Å². The predicted octanol–water partition coefficient (Wildman–Crippen LogP) is 2.49. The van der Waals surface area contributed by atoms with E-state index < -0.39 is 0 Å². The van der Waals surface area contributed by atoms with Crippen LogP contribution in [0.25, 0.3) is 0 Å². The Hall–Kier alpha value is -0.700. The van der Waals surface area contributed by atoms with Gasteiger partial charge in [-0.1, -0.05) is 17.8 Å². The normalized spacial score (nSPS) is 21.7. The molecule has 3 heteroatoms. The third-order valence-electron chi connectivity index (χ3n) is 2.43. The van der Waals surface area contributed by atoms with Crippen LogP contribution in [-0.2, 0) is 4.79 Å². The molecule has 0 spiro atoms. The lowest BCUT2D eigenvalue weighted by molar-refractivity contribution is -0.113. The van der Waals surface area contributed by atoms with Gasteiger partial charge in [0.1, 0.15) is 0 Å². The van der Waals surface area contributed by atoms with Crippen molar-refractivity contribution in [2.45, 2.75) is 26.7 Å². The van der Waals surface area contributed by atoms with Gasteiger partial charge in [0.05, 0.1) is 9.93 Å². The topological polar surface area (TPSA) is 20.3 Å². The Morgan fingerprint density at radius 3 is 3.00 bits per heavy atom. The van der Waals surface area contributed by atoms with Crippen molar-refractivity contribution in [3.05, 3.63) is 21.7 Å². The van der Waals surface area contributed by atoms with Crippen LogP contribution in [0.2, 0.25) is 0 Å². The zero-order valence-electron chi connectivity index (χ0n) is 7.96. The fourth-order valence-electron chi connectivity index (χ4n) is 1.75. The highest BCUT2D eigenvalue weighted by atomic mass is 32.2. The predicted molar refractivity (Wildman–Crippen MR) is 55.0 cm³/mol. The minimum atomic E-state index is 0.192. The minimum absolute atomic E-state index is 0.192. The molecule has 0 aromatic rings. The van der Waals surface area contributed by atoms with Gasteiger partial charge < -0.3 is 4.90 Å². The molecule has 0 radical (unpaired) electrons. The fraction of sp³-hybridized carbons (Fsp3) is 0.500. The van der Waals surface area contributed by atoms with Gasteiger partial charge in [0.25, 0.3) is 0 Å². The first-order valence-corrected chi connectivity index (χ1v) is 5.39. The summed E-state index contributed by atoms with van der Waals surface area (Å²) in [5.41, 5.74) is 1.14. The van der Waals surface area contributed by atoms with Crippen molar-refractivity contribution in [2.24, 2.45) is 0 Å². The summed E-state index contributed by atoms with van der Waals surface area (Å²) in [6.07, 6.45) is 4.58. The zero-order valence-corrected chi connectivity index (χ0v) is 8.78. The van der Waals surface area contributed by atoms with E-state index in [1.54, 1.807) is 18.7 Å². The molecule has 2 aliphatic rings. The molecule has 2 rings (SSSR count). The van der Waals surface area contributed by atoms with Crippen LogP contribution in [-0.4, -0.2) is 17.2 Å². The molecule has 0 saturated heterocycles. The van der Waals surface area contributed by atoms with E-state index in [1.807, 2.05) is 6.92 Å². The number of ketones is 1. The Labute approximate surface area is 82.7 Å². The van der Waals surface area contributed by atoms with Gasteiger partial charge in [-0.2, -0.15) is 0 Å². The van der Waals surface area contributed by atoms with Gasteiger partial charge in [-0.25, -0.2) is 0 Å². The van der Waals surface area contributed by atoms with Crippen LogP contribution in [0.3, 0.4) is 0 Å². The number of hydrogen-bond acceptors (Lipinski definition) is 3. The van der Waals surface area contributed by atoms with Gasteiger partial charge in [0.15, 0.2) is 5.78 Å². The molecule has 2 aliphatic heterocycles. The molecule has 2 heterocycles. The van der Waals surface area contributed by atoms with Crippen LogP contribution in [0.15, 0.2) is 21.7 Å². The van der Waals surface area contributed by atoms with E-state index in [9.17, 15) is 4.79 Å². The van der Waals surface area contributed by atoms with Crippen LogP contribution in [0.5, 0.6) is 0 Å². The smallest absolute Gasteiger partial charge is 0.168 e. The summed E-state index contributed by atoms with van der Waals surface area (Å²) in [5, 5.41) is 1.26. The van der Waals surface area contributed by atoms with Gasteiger partial charge in [-0.05, 0) is 26.7 Å². The molecule has 0 unspecified atom stereocenters. The molecule has 0 amide bonds. The van der Waals surface area contributed by atoms with Crippen LogP contribution in [0, 0.1) is 0 Å². The maximum Gasteiger partial charge on any atom is 0.168 e. The highest BCUT2D eigenvalue weighted by Gasteiger charge is 2.28. The van der Waals surface area contributed by atoms with Gasteiger partial charge in [-0.15, -0.1) is 0 Å². The summed E-state index contributed by atoms with van der Waals surface area (Å²) in [5.74, 6) is 0.192. The van der Waals surface area contributed by atoms with E-state index in [0.717, 1.165) is 23.6 Å². The molecular weight excluding hydrogens is 182 g/mol. The summed E-state index contributed by atoms with van der Waals surface area (Å²) >= 11 is 1.63. The van der Waals surface area contributed by atoms with Crippen molar-refractivity contribution >= 4 is 17.5 Å². The van der Waals surface area contributed by atoms with E-state index in [-0.39, 0.29) is 5.78 Å². The number of fused-ring (bicyclic) bond motifs is 1. The van der Waals surface area contributed by atoms with Crippen molar-refractivity contribution in [3.8, 4) is 0 Å². The molecule has 0 saturated carbocycles. The third kappa shape index (κ3) is 1.41. The lowest BCUT2D eigenvalue weighted by atomic mass is 10.2. The van der Waals surface area contributed by atoms with Crippen molar-refractivity contribution < 1.29 is 4.79 Å². The quantitative estimate of drug-likeness (QED) is 0.641. The van der Waals surface area contributed by atoms with E-state index in [0.29, 0.717) is 0 Å². The van der Waals surface area contributed by atoms with Crippen LogP contribution < -0.4 is 0 Å². The fourth-order valence-corrected chi connectivity index (χ4v) is 2.90. The maximum absolute atomic E-state index is 11.3. The lowest BCUT2D eigenvalue weighted by Crippen LogP contribution is -2.20. The second kappa shape index (κ2) is 3.22. The summed E-state index contributed by atoms with van der Waals surface area (Å²) in [6.45, 7) is 4.75. The Morgan fingerprint density at radius 1 is 1.62 bits per heavy atom. The third-order valence-corrected chi connectivity index (χ3v) is 3.81. The first-order valence-electron chi connectivity index (χ1n) is 4.57. The number of Topliss-reactive ketones (excluding diaryl/α,β-unsaturated/α-hetero) is 1. The summed E-state index contributed by atoms with van der Waals surface area (Å²) < 4.78 is 0. The molecule has 0 aliphatic carbocycles. The van der Waals surface area contributed by atoms with Crippen molar-refractivity contribution in [3.63, 3.8) is 0 Å². The second-order valence-corrected chi connectivity index (χ2v) is 4.44. The van der Waals surface area contributed by atoms with E-state index in [4.69, 9.17) is 0 Å². The molecule has 13 heavy (non-hydrogen) atoms. The molecule has 0 atom stereocenters. The maximum atomic E-state index is 11.3. The molecule has 0 fully saturated rings. The number of carbonyl (C=O) groups is 1. The average Bonchev–Trinajstić information content (AvgIpc) is 2.45. The van der Waals surface area contributed by atoms with Crippen LogP contribution >= 0.6 is 11.8 Å². The standard InChI is InChI=1S/C10H13NOS/c1-7-10(8(2)12)13-9-5-3-4-6-11(7)9/h5H,3-4,6H2,1-2H3. The molecule has 0 aromatic heterocycles. The average molecular weight is 195 g/mol. The molecule has 2 nitrogen and oxygen atoms in total. The monoisotopic (exact) mass is 195 g/mol. The summed E-state index contributed by atoms with van der Waals surface area (Å²) in [6, 6.07) is 0. The number of hydrogen-bond donors (Lipinski definition) is 0. The molecule has 0 aromatic carbocycles. The van der Waals surface area contributed by atoms with Crippen molar-refractivity contribution in [2.75, 3.05) is 6.54 Å². The Balaban J connectivity index is 2.33. The molecule has 0 bridgehead atoms. The highest BCUT2D eigenvalue weighted by Crippen LogP contribution is 2.43. The Kier molecular flexibility index (Phi) is 2.20. The number of nitrogens with zero attached hydrogens (tertiary/aromatic N) is 1. The number of rotatable bonds is 1. The van der Waals surface area contributed by atoms with Crippen LogP contribution in [0.4, 0.5) is 0 Å². The Morgan fingerprint density at radius 2 is 2.38 bits per heavy atom. The van der Waals surface area contributed by atoms with Crippen molar-refractivity contribution in [1.29, 1.82) is 0 Å². The van der Waals surface area contributed by atoms with Gasteiger partial charge in [0.2, 0.25) is 0 Å². The number of allylic oxidation sites excluding steroid dienone is 3.